The van der Waals surface area contributed by atoms with Crippen LogP contribution in [0.5, 0.6) is 0 Å². The van der Waals surface area contributed by atoms with Gasteiger partial charge in [-0.2, -0.15) is 0 Å². The smallest absolute Gasteiger partial charge is 0.0642 e. The van der Waals surface area contributed by atoms with Crippen LogP contribution in [-0.4, -0.2) is 31.3 Å². The largest absolute Gasteiger partial charge is 0.378 e. The summed E-state index contributed by atoms with van der Waals surface area (Å²) in [6.45, 7) is 13.9. The highest BCUT2D eigenvalue weighted by molar-refractivity contribution is 5.45. The van der Waals surface area contributed by atoms with E-state index in [0.29, 0.717) is 5.92 Å². The molecule has 1 aliphatic heterocycles. The van der Waals surface area contributed by atoms with Crippen LogP contribution < -0.4 is 4.90 Å². The predicted molar refractivity (Wildman–Crippen MR) is 72.6 cm³/mol. The van der Waals surface area contributed by atoms with Crippen LogP contribution >= 0.6 is 0 Å². The molecule has 0 aromatic carbocycles. The normalized spacial score (nSPS) is 15.4. The van der Waals surface area contributed by atoms with Gasteiger partial charge in [-0.1, -0.05) is 13.8 Å². The molecule has 1 fully saturated rings. The second kappa shape index (κ2) is 7.07. The third-order valence-corrected chi connectivity index (χ3v) is 2.74. The fraction of sp³-hybridized carbons (Fsp3) is 0.500. The Kier molecular flexibility index (Phi) is 5.70. The summed E-state index contributed by atoms with van der Waals surface area (Å²) in [6, 6.07) is 4.28. The number of rotatable bonds is 2. The highest BCUT2D eigenvalue weighted by Crippen LogP contribution is 2.17. The highest BCUT2D eigenvalue weighted by Gasteiger charge is 2.11. The molecule has 0 N–H and O–H groups in total. The summed E-state index contributed by atoms with van der Waals surface area (Å²) in [5.41, 5.74) is 2.37. The molecule has 1 aliphatic rings. The highest BCUT2D eigenvalue weighted by atomic mass is 16.5. The van der Waals surface area contributed by atoms with Gasteiger partial charge in [0.05, 0.1) is 25.1 Å². The fourth-order valence-electron chi connectivity index (χ4n) is 1.75. The van der Waals surface area contributed by atoms with Gasteiger partial charge in [0.1, 0.15) is 0 Å². The standard InChI is InChI=1S/C12H18N2O.C2H4/c1-10(2)12-4-3-11(9-13-12)14-5-7-15-8-6-14;1-2/h3-4,9-10H,5-8H2,1-2H3;1-2H2. The van der Waals surface area contributed by atoms with Gasteiger partial charge in [-0.05, 0) is 18.1 Å². The molecule has 0 amide bonds. The third-order valence-electron chi connectivity index (χ3n) is 2.74. The van der Waals surface area contributed by atoms with Crippen LogP contribution in [0.3, 0.4) is 0 Å². The lowest BCUT2D eigenvalue weighted by Gasteiger charge is -2.28. The van der Waals surface area contributed by atoms with Crippen LogP contribution in [0.1, 0.15) is 25.5 Å². The molecule has 1 aromatic heterocycles. The van der Waals surface area contributed by atoms with Gasteiger partial charge in [-0.15, -0.1) is 13.2 Å². The van der Waals surface area contributed by atoms with Crippen molar-refractivity contribution in [1.82, 2.24) is 4.98 Å². The molecule has 2 rings (SSSR count). The number of ether oxygens (including phenoxy) is 1. The molecule has 2 heterocycles. The Morgan fingerprint density at radius 1 is 1.24 bits per heavy atom. The van der Waals surface area contributed by atoms with Crippen LogP contribution in [0.25, 0.3) is 0 Å². The average Bonchev–Trinajstić information content (AvgIpc) is 2.42. The van der Waals surface area contributed by atoms with Crippen molar-refractivity contribution in [1.29, 1.82) is 0 Å². The van der Waals surface area contributed by atoms with Gasteiger partial charge in [0.15, 0.2) is 0 Å². The van der Waals surface area contributed by atoms with E-state index < -0.39 is 0 Å². The van der Waals surface area contributed by atoms with Crippen molar-refractivity contribution in [3.8, 4) is 0 Å². The van der Waals surface area contributed by atoms with Gasteiger partial charge < -0.3 is 9.64 Å². The Hall–Kier alpha value is -1.35. The van der Waals surface area contributed by atoms with Crippen LogP contribution in [0, 0.1) is 0 Å². The molecule has 0 bridgehead atoms. The van der Waals surface area contributed by atoms with E-state index >= 15 is 0 Å². The lowest BCUT2D eigenvalue weighted by Crippen LogP contribution is -2.36. The van der Waals surface area contributed by atoms with Gasteiger partial charge in [-0.3, -0.25) is 4.98 Å². The quantitative estimate of drug-likeness (QED) is 0.736. The van der Waals surface area contributed by atoms with Crippen LogP contribution in [-0.2, 0) is 4.74 Å². The number of hydrogen-bond donors (Lipinski definition) is 0. The molecule has 0 spiro atoms. The van der Waals surface area contributed by atoms with Gasteiger partial charge in [0.25, 0.3) is 0 Å². The summed E-state index contributed by atoms with van der Waals surface area (Å²) >= 11 is 0. The SMILES string of the molecule is C=C.CC(C)c1ccc(N2CCOCC2)cn1. The van der Waals surface area contributed by atoms with Crippen LogP contribution in [0.15, 0.2) is 31.5 Å². The molecule has 1 aromatic rings. The maximum Gasteiger partial charge on any atom is 0.0642 e. The lowest BCUT2D eigenvalue weighted by atomic mass is 10.1. The molecule has 3 heteroatoms. The van der Waals surface area contributed by atoms with Gasteiger partial charge in [0, 0.05) is 18.8 Å². The minimum Gasteiger partial charge on any atom is -0.378 e. The summed E-state index contributed by atoms with van der Waals surface area (Å²) in [4.78, 5) is 6.79. The van der Waals surface area contributed by atoms with E-state index in [4.69, 9.17) is 4.74 Å². The van der Waals surface area contributed by atoms with Gasteiger partial charge in [0.2, 0.25) is 0 Å². The van der Waals surface area contributed by atoms with E-state index in [2.05, 4.69) is 49.0 Å². The van der Waals surface area contributed by atoms with Crippen molar-refractivity contribution in [2.24, 2.45) is 0 Å². The number of morpholine rings is 1. The first-order chi connectivity index (χ1) is 8.27. The second-order valence-corrected chi connectivity index (χ2v) is 4.20. The maximum atomic E-state index is 5.32. The number of nitrogens with zero attached hydrogens (tertiary/aromatic N) is 2. The van der Waals surface area contributed by atoms with Gasteiger partial charge in [-0.25, -0.2) is 0 Å². The summed E-state index contributed by atoms with van der Waals surface area (Å²) in [5, 5.41) is 0. The lowest BCUT2D eigenvalue weighted by molar-refractivity contribution is 0.122. The molecule has 1 saturated heterocycles. The summed E-state index contributed by atoms with van der Waals surface area (Å²) in [5.74, 6) is 0.503. The fourth-order valence-corrected chi connectivity index (χ4v) is 1.75. The minimum absolute atomic E-state index is 0.503. The summed E-state index contributed by atoms with van der Waals surface area (Å²) in [6.07, 6.45) is 1.97. The molecule has 17 heavy (non-hydrogen) atoms. The Bertz CT molecular complexity index is 315. The molecule has 94 valence electrons. The van der Waals surface area contributed by atoms with Crippen LogP contribution in [0.4, 0.5) is 5.69 Å². The zero-order valence-electron chi connectivity index (χ0n) is 10.9. The van der Waals surface area contributed by atoms with Crippen molar-refractivity contribution < 1.29 is 4.74 Å². The second-order valence-electron chi connectivity index (χ2n) is 4.20. The van der Waals surface area contributed by atoms with Crippen LogP contribution in [0.2, 0.25) is 0 Å². The number of pyridine rings is 1. The van der Waals surface area contributed by atoms with Crippen molar-refractivity contribution >= 4 is 5.69 Å². The first kappa shape index (κ1) is 13.7. The van der Waals surface area contributed by atoms with E-state index in [0.717, 1.165) is 32.0 Å². The zero-order chi connectivity index (χ0) is 12.7. The third kappa shape index (κ3) is 3.86. The Morgan fingerprint density at radius 2 is 1.88 bits per heavy atom. The van der Waals surface area contributed by atoms with E-state index in [1.807, 2.05) is 6.20 Å². The van der Waals surface area contributed by atoms with E-state index in [1.54, 1.807) is 0 Å². The van der Waals surface area contributed by atoms with E-state index in [-0.39, 0.29) is 0 Å². The molecule has 0 aliphatic carbocycles. The molecular formula is C14H22N2O. The molecule has 0 saturated carbocycles. The Balaban J connectivity index is 0.000000686. The number of hydrogen-bond acceptors (Lipinski definition) is 3. The maximum absolute atomic E-state index is 5.32. The molecular weight excluding hydrogens is 212 g/mol. The number of aromatic nitrogens is 1. The molecule has 3 nitrogen and oxygen atoms in total. The molecule has 0 radical (unpaired) electrons. The van der Waals surface area contributed by atoms with Crippen molar-refractivity contribution in [3.63, 3.8) is 0 Å². The zero-order valence-corrected chi connectivity index (χ0v) is 10.9. The van der Waals surface area contributed by atoms with Crippen molar-refractivity contribution in [2.75, 3.05) is 31.2 Å². The summed E-state index contributed by atoms with van der Waals surface area (Å²) < 4.78 is 5.32. The minimum atomic E-state index is 0.503. The van der Waals surface area contributed by atoms with Crippen molar-refractivity contribution in [3.05, 3.63) is 37.2 Å². The molecule has 0 unspecified atom stereocenters. The first-order valence-electron chi connectivity index (χ1n) is 6.06. The Labute approximate surface area is 104 Å². The molecule has 0 atom stereocenters. The predicted octanol–water partition coefficient (Wildman–Crippen LogP) is 2.84. The van der Waals surface area contributed by atoms with Gasteiger partial charge >= 0.3 is 0 Å². The average molecular weight is 234 g/mol. The Morgan fingerprint density at radius 3 is 2.35 bits per heavy atom. The van der Waals surface area contributed by atoms with E-state index in [9.17, 15) is 0 Å². The monoisotopic (exact) mass is 234 g/mol. The summed E-state index contributed by atoms with van der Waals surface area (Å²) in [7, 11) is 0. The van der Waals surface area contributed by atoms with Crippen molar-refractivity contribution in [2.45, 2.75) is 19.8 Å². The first-order valence-corrected chi connectivity index (χ1v) is 6.06. The topological polar surface area (TPSA) is 25.4 Å². The number of anilines is 1. The van der Waals surface area contributed by atoms with E-state index in [1.165, 1.54) is 5.69 Å².